The average Bonchev–Trinajstić information content (AvgIpc) is 3.20. The van der Waals surface area contributed by atoms with E-state index >= 15 is 0 Å². The van der Waals surface area contributed by atoms with Gasteiger partial charge in [-0.05, 0) is 70.0 Å². The Balaban J connectivity index is 1.63. The largest absolute Gasteiger partial charge is 0.493 e. The van der Waals surface area contributed by atoms with E-state index in [2.05, 4.69) is 4.98 Å². The van der Waals surface area contributed by atoms with E-state index in [1.807, 2.05) is 45.9 Å². The number of aryl methyl sites for hydroxylation is 2. The molecular weight excluding hydrogens is 465 g/mol. The molecule has 0 spiro atoms. The number of ether oxygens (including phenoxy) is 4. The zero-order valence-corrected chi connectivity index (χ0v) is 21.6. The Labute approximate surface area is 211 Å². The molecule has 194 valence electrons. The van der Waals surface area contributed by atoms with E-state index in [0.717, 1.165) is 22.6 Å². The second-order valence-electron chi connectivity index (χ2n) is 8.18. The minimum Gasteiger partial charge on any atom is -0.493 e. The first kappa shape index (κ1) is 27.2. The predicted octanol–water partition coefficient (Wildman–Crippen LogP) is 5.63. The predicted molar refractivity (Wildman–Crippen MR) is 134 cm³/mol. The maximum absolute atomic E-state index is 13.6. The van der Waals surface area contributed by atoms with Crippen molar-refractivity contribution < 1.29 is 32.5 Å². The lowest BCUT2D eigenvalue weighted by Crippen LogP contribution is -2.29. The molecule has 2 aromatic carbocycles. The summed E-state index contributed by atoms with van der Waals surface area (Å²) in [4.78, 5) is 16.8. The molecule has 7 nitrogen and oxygen atoms in total. The molecule has 3 rings (SSSR count). The van der Waals surface area contributed by atoms with Gasteiger partial charge in [0.05, 0.1) is 31.1 Å². The van der Waals surface area contributed by atoms with Crippen LogP contribution in [0.1, 0.15) is 43.4 Å². The minimum atomic E-state index is -0.630. The van der Waals surface area contributed by atoms with Crippen LogP contribution < -0.4 is 9.47 Å². The first-order valence-electron chi connectivity index (χ1n) is 12.3. The fraction of sp³-hybridized carbons (Fsp3) is 0.429. The van der Waals surface area contributed by atoms with E-state index in [9.17, 15) is 9.18 Å². The molecule has 0 N–H and O–H groups in total. The number of carbonyl (C=O) groups excluding carboxylic acids is 1. The van der Waals surface area contributed by atoms with Crippen molar-refractivity contribution in [2.45, 2.75) is 53.6 Å². The van der Waals surface area contributed by atoms with Crippen molar-refractivity contribution in [2.75, 3.05) is 26.4 Å². The lowest BCUT2D eigenvalue weighted by atomic mass is 10.0. The van der Waals surface area contributed by atoms with Gasteiger partial charge >= 0.3 is 5.97 Å². The molecule has 0 aliphatic rings. The highest BCUT2D eigenvalue weighted by molar-refractivity contribution is 5.75. The second-order valence-corrected chi connectivity index (χ2v) is 8.18. The van der Waals surface area contributed by atoms with Crippen LogP contribution in [-0.4, -0.2) is 43.5 Å². The van der Waals surface area contributed by atoms with Crippen molar-refractivity contribution in [3.8, 4) is 23.0 Å². The van der Waals surface area contributed by atoms with Crippen molar-refractivity contribution in [1.29, 1.82) is 0 Å². The van der Waals surface area contributed by atoms with Gasteiger partial charge < -0.3 is 23.4 Å². The summed E-state index contributed by atoms with van der Waals surface area (Å²) in [5.41, 5.74) is 3.36. The lowest BCUT2D eigenvalue weighted by molar-refractivity contribution is -0.156. The van der Waals surface area contributed by atoms with Gasteiger partial charge in [-0.2, -0.15) is 0 Å². The number of nitrogens with zero attached hydrogens (tertiary/aromatic N) is 1. The van der Waals surface area contributed by atoms with Gasteiger partial charge in [-0.15, -0.1) is 0 Å². The average molecular weight is 500 g/mol. The minimum absolute atomic E-state index is 0.318. The Kier molecular flexibility index (Phi) is 9.87. The molecule has 0 aliphatic heterocycles. The number of hydrogen-bond donors (Lipinski definition) is 0. The van der Waals surface area contributed by atoms with Crippen molar-refractivity contribution in [1.82, 2.24) is 4.98 Å². The Hall–Kier alpha value is -3.39. The number of aromatic nitrogens is 1. The fourth-order valence-corrected chi connectivity index (χ4v) is 3.82. The molecular formula is C28H34FNO6. The molecule has 0 fully saturated rings. The first-order chi connectivity index (χ1) is 17.4. The molecule has 1 atom stereocenters. The summed E-state index contributed by atoms with van der Waals surface area (Å²) in [6, 6.07) is 10.1. The van der Waals surface area contributed by atoms with E-state index < -0.39 is 6.10 Å². The molecule has 1 aromatic heterocycles. The quantitative estimate of drug-likeness (QED) is 0.282. The number of carbonyl (C=O) groups is 1. The Morgan fingerprint density at radius 1 is 1.03 bits per heavy atom. The number of rotatable bonds is 13. The van der Waals surface area contributed by atoms with Gasteiger partial charge in [0.15, 0.2) is 6.10 Å². The number of oxazole rings is 1. The summed E-state index contributed by atoms with van der Waals surface area (Å²) in [5, 5.41) is 0. The van der Waals surface area contributed by atoms with Crippen molar-refractivity contribution in [3.63, 3.8) is 0 Å². The van der Waals surface area contributed by atoms with Crippen LogP contribution in [0.15, 0.2) is 40.8 Å². The summed E-state index contributed by atoms with van der Waals surface area (Å²) >= 11 is 0. The van der Waals surface area contributed by atoms with Crippen molar-refractivity contribution in [3.05, 3.63) is 64.8 Å². The molecule has 0 saturated carbocycles. The van der Waals surface area contributed by atoms with Crippen LogP contribution in [-0.2, 0) is 27.1 Å². The SMILES string of the molecule is CCOC(=O)C(Cc1ccc(OCCc2nc(-c3ccc(F)cc3OCC)oc2C)cc1C)OCC. The summed E-state index contributed by atoms with van der Waals surface area (Å²) in [6.45, 7) is 10.8. The first-order valence-corrected chi connectivity index (χ1v) is 12.3. The Bertz CT molecular complexity index is 1160. The summed E-state index contributed by atoms with van der Waals surface area (Å²) in [6.07, 6.45) is 0.345. The smallest absolute Gasteiger partial charge is 0.335 e. The van der Waals surface area contributed by atoms with E-state index in [1.165, 1.54) is 12.1 Å². The van der Waals surface area contributed by atoms with Crippen molar-refractivity contribution in [2.24, 2.45) is 0 Å². The molecule has 3 aromatic rings. The van der Waals surface area contributed by atoms with Crippen LogP contribution in [0.25, 0.3) is 11.5 Å². The van der Waals surface area contributed by atoms with Gasteiger partial charge in [-0.1, -0.05) is 6.07 Å². The topological polar surface area (TPSA) is 80.0 Å². The van der Waals surface area contributed by atoms with Gasteiger partial charge in [-0.3, -0.25) is 0 Å². The van der Waals surface area contributed by atoms with Crippen LogP contribution >= 0.6 is 0 Å². The van der Waals surface area contributed by atoms with E-state index in [0.29, 0.717) is 62.2 Å². The normalized spacial score (nSPS) is 11.8. The second kappa shape index (κ2) is 13.1. The van der Waals surface area contributed by atoms with Crippen LogP contribution in [0.3, 0.4) is 0 Å². The monoisotopic (exact) mass is 499 g/mol. The van der Waals surface area contributed by atoms with Crippen LogP contribution in [0.5, 0.6) is 11.5 Å². The number of benzene rings is 2. The molecule has 8 heteroatoms. The van der Waals surface area contributed by atoms with Crippen molar-refractivity contribution >= 4 is 5.97 Å². The highest BCUT2D eigenvalue weighted by Crippen LogP contribution is 2.31. The molecule has 0 radical (unpaired) electrons. The Morgan fingerprint density at radius 3 is 2.53 bits per heavy atom. The summed E-state index contributed by atoms with van der Waals surface area (Å²) in [7, 11) is 0. The van der Waals surface area contributed by atoms with Crippen LogP contribution in [0.2, 0.25) is 0 Å². The molecule has 1 unspecified atom stereocenters. The van der Waals surface area contributed by atoms with Crippen LogP contribution in [0.4, 0.5) is 4.39 Å². The Morgan fingerprint density at radius 2 is 1.83 bits per heavy atom. The number of hydrogen-bond acceptors (Lipinski definition) is 7. The molecule has 0 bridgehead atoms. The van der Waals surface area contributed by atoms with Crippen LogP contribution in [0, 0.1) is 19.7 Å². The highest BCUT2D eigenvalue weighted by atomic mass is 19.1. The van der Waals surface area contributed by atoms with Gasteiger partial charge in [0.1, 0.15) is 23.1 Å². The van der Waals surface area contributed by atoms with E-state index in [1.54, 1.807) is 13.0 Å². The van der Waals surface area contributed by atoms with E-state index in [4.69, 9.17) is 23.4 Å². The third-order valence-electron chi connectivity index (χ3n) is 5.61. The fourth-order valence-electron chi connectivity index (χ4n) is 3.82. The van der Waals surface area contributed by atoms with Gasteiger partial charge in [0.25, 0.3) is 0 Å². The lowest BCUT2D eigenvalue weighted by Gasteiger charge is -2.17. The molecule has 0 aliphatic carbocycles. The zero-order valence-electron chi connectivity index (χ0n) is 21.6. The van der Waals surface area contributed by atoms with Gasteiger partial charge in [0.2, 0.25) is 5.89 Å². The third kappa shape index (κ3) is 7.07. The zero-order chi connectivity index (χ0) is 26.1. The van der Waals surface area contributed by atoms with Gasteiger partial charge in [-0.25, -0.2) is 14.2 Å². The van der Waals surface area contributed by atoms with E-state index in [-0.39, 0.29) is 11.8 Å². The molecule has 0 saturated heterocycles. The number of esters is 1. The molecule has 0 amide bonds. The maximum atomic E-state index is 13.6. The third-order valence-corrected chi connectivity index (χ3v) is 5.61. The maximum Gasteiger partial charge on any atom is 0.335 e. The summed E-state index contributed by atoms with van der Waals surface area (Å²) < 4.78 is 41.7. The highest BCUT2D eigenvalue weighted by Gasteiger charge is 2.21. The molecule has 36 heavy (non-hydrogen) atoms. The molecule has 1 heterocycles. The van der Waals surface area contributed by atoms with Gasteiger partial charge in [0, 0.05) is 25.5 Å². The standard InChI is InChI=1S/C28H34FNO6/c1-6-32-25-17-21(29)10-12-23(25)27-30-24(19(5)36-27)13-14-35-22-11-9-20(18(4)15-22)16-26(33-7-2)28(31)34-8-3/h9-12,15,17,26H,6-8,13-14,16H2,1-5H3. The number of halogens is 1. The summed E-state index contributed by atoms with van der Waals surface area (Å²) in [5.74, 6) is 1.44.